The number of hydrogen-bond donors (Lipinski definition) is 1. The number of thiazole rings is 1. The summed E-state index contributed by atoms with van der Waals surface area (Å²) in [7, 11) is 1.77. The van der Waals surface area contributed by atoms with Crippen LogP contribution in [0.15, 0.2) is 60.0 Å². The van der Waals surface area contributed by atoms with E-state index >= 15 is 0 Å². The fraction of sp³-hybridized carbons (Fsp3) is 0.190. The second-order valence-electron chi connectivity index (χ2n) is 6.56. The first-order chi connectivity index (χ1) is 13.1. The third kappa shape index (κ3) is 3.61. The van der Waals surface area contributed by atoms with Crippen molar-refractivity contribution in [2.45, 2.75) is 19.0 Å². The van der Waals surface area contributed by atoms with Crippen LogP contribution in [-0.2, 0) is 11.3 Å². The SMILES string of the molecule is CN(Cc1nc(-c2ccccc2)cs1)C(=O)C[C@H]1NC(=O)c2ccccc21. The van der Waals surface area contributed by atoms with Gasteiger partial charge in [0.2, 0.25) is 5.91 Å². The van der Waals surface area contributed by atoms with Crippen molar-refractivity contribution in [2.75, 3.05) is 7.05 Å². The molecule has 0 fully saturated rings. The number of amides is 2. The summed E-state index contributed by atoms with van der Waals surface area (Å²) < 4.78 is 0. The lowest BCUT2D eigenvalue weighted by molar-refractivity contribution is -0.130. The Kier molecular flexibility index (Phi) is 4.73. The average molecular weight is 377 g/mol. The first kappa shape index (κ1) is 17.4. The van der Waals surface area contributed by atoms with E-state index in [1.165, 1.54) is 0 Å². The fourth-order valence-electron chi connectivity index (χ4n) is 3.23. The van der Waals surface area contributed by atoms with Crippen molar-refractivity contribution < 1.29 is 9.59 Å². The van der Waals surface area contributed by atoms with Crippen LogP contribution < -0.4 is 5.32 Å². The minimum absolute atomic E-state index is 0.0199. The fourth-order valence-corrected chi connectivity index (χ4v) is 4.08. The van der Waals surface area contributed by atoms with Gasteiger partial charge in [0.25, 0.3) is 5.91 Å². The molecule has 1 aliphatic heterocycles. The number of rotatable bonds is 5. The number of fused-ring (bicyclic) bond motifs is 1. The molecule has 0 radical (unpaired) electrons. The summed E-state index contributed by atoms with van der Waals surface area (Å²) in [6, 6.07) is 17.1. The molecule has 2 amide bonds. The highest BCUT2D eigenvalue weighted by atomic mass is 32.1. The van der Waals surface area contributed by atoms with Gasteiger partial charge in [-0.15, -0.1) is 11.3 Å². The van der Waals surface area contributed by atoms with Gasteiger partial charge < -0.3 is 10.2 Å². The molecule has 4 rings (SSSR count). The van der Waals surface area contributed by atoms with Gasteiger partial charge in [-0.1, -0.05) is 48.5 Å². The zero-order valence-corrected chi connectivity index (χ0v) is 15.7. The van der Waals surface area contributed by atoms with E-state index < -0.39 is 0 Å². The first-order valence-electron chi connectivity index (χ1n) is 8.75. The highest BCUT2D eigenvalue weighted by molar-refractivity contribution is 7.09. The Morgan fingerprint density at radius 2 is 1.89 bits per heavy atom. The Labute approximate surface area is 161 Å². The van der Waals surface area contributed by atoms with Crippen LogP contribution >= 0.6 is 11.3 Å². The molecule has 1 aliphatic rings. The van der Waals surface area contributed by atoms with Crippen molar-refractivity contribution >= 4 is 23.2 Å². The summed E-state index contributed by atoms with van der Waals surface area (Å²) in [5.41, 5.74) is 3.54. The maximum absolute atomic E-state index is 12.6. The van der Waals surface area contributed by atoms with Crippen LogP contribution in [0, 0.1) is 0 Å². The molecule has 2 heterocycles. The van der Waals surface area contributed by atoms with E-state index in [0.29, 0.717) is 12.1 Å². The highest BCUT2D eigenvalue weighted by Crippen LogP contribution is 2.28. The molecule has 27 heavy (non-hydrogen) atoms. The number of carbonyl (C=O) groups excluding carboxylic acids is 2. The summed E-state index contributed by atoms with van der Waals surface area (Å²) in [4.78, 5) is 31.0. The van der Waals surface area contributed by atoms with Gasteiger partial charge in [0.05, 0.1) is 24.7 Å². The van der Waals surface area contributed by atoms with Crippen LogP contribution in [0.2, 0.25) is 0 Å². The molecule has 5 nitrogen and oxygen atoms in total. The van der Waals surface area contributed by atoms with Crippen molar-refractivity contribution in [1.82, 2.24) is 15.2 Å². The molecule has 2 aromatic carbocycles. The van der Waals surface area contributed by atoms with Gasteiger partial charge >= 0.3 is 0 Å². The van der Waals surface area contributed by atoms with Crippen molar-refractivity contribution in [3.8, 4) is 11.3 Å². The number of nitrogens with zero attached hydrogens (tertiary/aromatic N) is 2. The second-order valence-corrected chi connectivity index (χ2v) is 7.50. The lowest BCUT2D eigenvalue weighted by Gasteiger charge is -2.18. The predicted molar refractivity (Wildman–Crippen MR) is 105 cm³/mol. The summed E-state index contributed by atoms with van der Waals surface area (Å²) in [6.45, 7) is 0.457. The van der Waals surface area contributed by atoms with Gasteiger partial charge in [-0.25, -0.2) is 4.98 Å². The van der Waals surface area contributed by atoms with E-state index in [-0.39, 0.29) is 24.3 Å². The van der Waals surface area contributed by atoms with Gasteiger partial charge in [0, 0.05) is 23.6 Å². The molecule has 1 N–H and O–H groups in total. The molecule has 136 valence electrons. The van der Waals surface area contributed by atoms with Crippen LogP contribution in [-0.4, -0.2) is 28.7 Å². The minimum Gasteiger partial charge on any atom is -0.345 e. The highest BCUT2D eigenvalue weighted by Gasteiger charge is 2.30. The molecular weight excluding hydrogens is 358 g/mol. The molecular formula is C21H19N3O2S. The van der Waals surface area contributed by atoms with Gasteiger partial charge in [0.15, 0.2) is 0 Å². The van der Waals surface area contributed by atoms with E-state index in [2.05, 4.69) is 10.3 Å². The van der Waals surface area contributed by atoms with Gasteiger partial charge in [-0.05, 0) is 11.6 Å². The molecule has 0 unspecified atom stereocenters. The Balaban J connectivity index is 1.41. The summed E-state index contributed by atoms with van der Waals surface area (Å²) in [6.07, 6.45) is 0.246. The van der Waals surface area contributed by atoms with Gasteiger partial charge in [-0.2, -0.15) is 0 Å². The summed E-state index contributed by atoms with van der Waals surface area (Å²) in [5.74, 6) is -0.132. The lowest BCUT2D eigenvalue weighted by Crippen LogP contribution is -2.30. The molecule has 0 spiro atoms. The Bertz CT molecular complexity index is 984. The van der Waals surface area contributed by atoms with E-state index in [1.807, 2.05) is 53.9 Å². The molecule has 0 saturated heterocycles. The number of benzene rings is 2. The topological polar surface area (TPSA) is 62.3 Å². The third-order valence-corrected chi connectivity index (χ3v) is 5.52. The van der Waals surface area contributed by atoms with E-state index in [1.54, 1.807) is 29.4 Å². The van der Waals surface area contributed by atoms with E-state index in [0.717, 1.165) is 21.8 Å². The smallest absolute Gasteiger partial charge is 0.252 e. The zero-order valence-electron chi connectivity index (χ0n) is 14.9. The number of carbonyl (C=O) groups is 2. The second kappa shape index (κ2) is 7.32. The minimum atomic E-state index is -0.264. The molecule has 0 bridgehead atoms. The van der Waals surface area contributed by atoms with Crippen molar-refractivity contribution in [2.24, 2.45) is 0 Å². The largest absolute Gasteiger partial charge is 0.345 e. The molecule has 0 saturated carbocycles. The van der Waals surface area contributed by atoms with E-state index in [4.69, 9.17) is 0 Å². The number of aromatic nitrogens is 1. The summed E-state index contributed by atoms with van der Waals surface area (Å²) in [5, 5.41) is 5.79. The number of nitrogens with one attached hydrogen (secondary N) is 1. The third-order valence-electron chi connectivity index (χ3n) is 4.68. The monoisotopic (exact) mass is 377 g/mol. The molecule has 1 atom stereocenters. The van der Waals surface area contributed by atoms with Crippen LogP contribution in [0.1, 0.15) is 33.4 Å². The quantitative estimate of drug-likeness (QED) is 0.738. The van der Waals surface area contributed by atoms with Crippen molar-refractivity contribution in [3.05, 3.63) is 76.1 Å². The molecule has 1 aromatic heterocycles. The van der Waals surface area contributed by atoms with Crippen molar-refractivity contribution in [1.29, 1.82) is 0 Å². The normalized spacial score (nSPS) is 15.3. The average Bonchev–Trinajstić information content (AvgIpc) is 3.28. The summed E-state index contributed by atoms with van der Waals surface area (Å²) >= 11 is 1.55. The van der Waals surface area contributed by atoms with Gasteiger partial charge in [0.1, 0.15) is 5.01 Å². The van der Waals surface area contributed by atoms with Crippen LogP contribution in [0.25, 0.3) is 11.3 Å². The van der Waals surface area contributed by atoms with E-state index in [9.17, 15) is 9.59 Å². The maximum Gasteiger partial charge on any atom is 0.252 e. The Morgan fingerprint density at radius 3 is 2.70 bits per heavy atom. The Morgan fingerprint density at radius 1 is 1.15 bits per heavy atom. The Hall–Kier alpha value is -2.99. The van der Waals surface area contributed by atoms with Crippen LogP contribution in [0.5, 0.6) is 0 Å². The van der Waals surface area contributed by atoms with Crippen LogP contribution in [0.4, 0.5) is 0 Å². The van der Waals surface area contributed by atoms with Crippen molar-refractivity contribution in [3.63, 3.8) is 0 Å². The molecule has 0 aliphatic carbocycles. The zero-order chi connectivity index (χ0) is 18.8. The predicted octanol–water partition coefficient (Wildman–Crippen LogP) is 3.64. The number of hydrogen-bond acceptors (Lipinski definition) is 4. The van der Waals surface area contributed by atoms with Crippen LogP contribution in [0.3, 0.4) is 0 Å². The first-order valence-corrected chi connectivity index (χ1v) is 9.63. The maximum atomic E-state index is 12.6. The lowest BCUT2D eigenvalue weighted by atomic mass is 10.0. The van der Waals surface area contributed by atoms with Gasteiger partial charge in [-0.3, -0.25) is 9.59 Å². The molecule has 3 aromatic rings. The molecule has 6 heteroatoms. The standard InChI is InChI=1S/C21H19N3O2S/c1-24(12-19-22-18(13-27-19)14-7-3-2-4-8-14)20(25)11-17-15-9-5-6-10-16(15)21(26)23-17/h2-10,13,17H,11-12H2,1H3,(H,23,26)/t17-/m1/s1.